The van der Waals surface area contributed by atoms with Crippen LogP contribution >= 0.6 is 34.5 Å². The highest BCUT2D eigenvalue weighted by Crippen LogP contribution is 2.25. The maximum atomic E-state index is 12.7. The van der Waals surface area contributed by atoms with Gasteiger partial charge in [-0.1, -0.05) is 41.4 Å². The Hall–Kier alpha value is -2.80. The maximum absolute atomic E-state index is 12.7. The minimum Gasteiger partial charge on any atom is -0.489 e. The summed E-state index contributed by atoms with van der Waals surface area (Å²) in [6.07, 6.45) is 0. The minimum atomic E-state index is -0.197. The smallest absolute Gasteiger partial charge is 0.266 e. The van der Waals surface area contributed by atoms with Crippen LogP contribution in [-0.2, 0) is 13.2 Å². The predicted molar refractivity (Wildman–Crippen MR) is 135 cm³/mol. The number of aromatic nitrogens is 2. The Labute approximate surface area is 206 Å². The van der Waals surface area contributed by atoms with Gasteiger partial charge >= 0.3 is 0 Å². The predicted octanol–water partition coefficient (Wildman–Crippen LogP) is 7.06. The van der Waals surface area contributed by atoms with Crippen molar-refractivity contribution in [3.63, 3.8) is 0 Å². The normalized spacial score (nSPS) is 10.9. The third kappa shape index (κ3) is 5.58. The average Bonchev–Trinajstić information content (AvgIpc) is 3.38. The first-order valence-electron chi connectivity index (χ1n) is 10.4. The quantitative estimate of drug-likeness (QED) is 0.296. The number of ether oxygens (including phenoxy) is 1. The summed E-state index contributed by atoms with van der Waals surface area (Å²) >= 11 is 13.5. The number of anilines is 1. The maximum Gasteiger partial charge on any atom is 0.266 e. The Morgan fingerprint density at radius 3 is 2.67 bits per heavy atom. The van der Waals surface area contributed by atoms with Crippen LogP contribution in [0.5, 0.6) is 5.75 Å². The summed E-state index contributed by atoms with van der Waals surface area (Å²) in [6, 6.07) is 15.2. The fourth-order valence-corrected chi connectivity index (χ4v) is 4.44. The van der Waals surface area contributed by atoms with Gasteiger partial charge in [-0.2, -0.15) is 5.10 Å². The lowest BCUT2D eigenvalue weighted by molar-refractivity contribution is 0.103. The molecule has 0 aliphatic carbocycles. The van der Waals surface area contributed by atoms with Gasteiger partial charge in [0.2, 0.25) is 0 Å². The van der Waals surface area contributed by atoms with Crippen molar-refractivity contribution in [3.05, 3.63) is 96.8 Å². The van der Waals surface area contributed by atoms with Crippen LogP contribution in [-0.4, -0.2) is 15.7 Å². The van der Waals surface area contributed by atoms with E-state index in [1.54, 1.807) is 6.07 Å². The molecule has 0 radical (unpaired) electrons. The summed E-state index contributed by atoms with van der Waals surface area (Å²) in [7, 11) is 0. The highest BCUT2D eigenvalue weighted by atomic mass is 35.5. The zero-order chi connectivity index (χ0) is 23.5. The third-order valence-corrected chi connectivity index (χ3v) is 7.08. The molecule has 2 aromatic carbocycles. The van der Waals surface area contributed by atoms with Gasteiger partial charge in [-0.25, -0.2) is 0 Å². The molecule has 2 heterocycles. The SMILES string of the molecule is Cc1cccc(OCc2csc(C(=O)Nc3cc(C)n(Cc4ccc(Cl)c(Cl)c4)n3)c2)c1C. The minimum absolute atomic E-state index is 0.197. The number of aryl methyl sites for hydroxylation is 2. The molecule has 4 rings (SSSR count). The van der Waals surface area contributed by atoms with Crippen LogP contribution in [0.2, 0.25) is 10.0 Å². The van der Waals surface area contributed by atoms with Crippen molar-refractivity contribution >= 4 is 46.3 Å². The number of hydrogen-bond acceptors (Lipinski definition) is 4. The second kappa shape index (κ2) is 10.00. The molecule has 0 unspecified atom stereocenters. The van der Waals surface area contributed by atoms with Gasteiger partial charge in [-0.15, -0.1) is 11.3 Å². The van der Waals surface area contributed by atoms with Crippen molar-refractivity contribution in [2.24, 2.45) is 0 Å². The molecule has 33 heavy (non-hydrogen) atoms. The van der Waals surface area contributed by atoms with E-state index >= 15 is 0 Å². The summed E-state index contributed by atoms with van der Waals surface area (Å²) in [5.74, 6) is 1.16. The van der Waals surface area contributed by atoms with Crippen molar-refractivity contribution < 1.29 is 9.53 Å². The monoisotopic (exact) mass is 499 g/mol. The number of benzene rings is 2. The summed E-state index contributed by atoms with van der Waals surface area (Å²) in [5.41, 5.74) is 5.15. The highest BCUT2D eigenvalue weighted by molar-refractivity contribution is 7.12. The largest absolute Gasteiger partial charge is 0.489 e. The summed E-state index contributed by atoms with van der Waals surface area (Å²) < 4.78 is 7.76. The van der Waals surface area contributed by atoms with Gasteiger partial charge in [0.15, 0.2) is 5.82 Å². The van der Waals surface area contributed by atoms with Crippen LogP contribution in [0, 0.1) is 20.8 Å². The molecule has 0 aliphatic rings. The molecule has 4 aromatic rings. The van der Waals surface area contributed by atoms with Crippen molar-refractivity contribution in [1.29, 1.82) is 0 Å². The van der Waals surface area contributed by atoms with Crippen LogP contribution in [0.3, 0.4) is 0 Å². The topological polar surface area (TPSA) is 56.1 Å². The van der Waals surface area contributed by atoms with E-state index in [9.17, 15) is 4.79 Å². The highest BCUT2D eigenvalue weighted by Gasteiger charge is 2.14. The Balaban J connectivity index is 1.38. The van der Waals surface area contributed by atoms with Gasteiger partial charge < -0.3 is 10.1 Å². The van der Waals surface area contributed by atoms with E-state index in [-0.39, 0.29) is 5.91 Å². The zero-order valence-corrected chi connectivity index (χ0v) is 20.8. The van der Waals surface area contributed by atoms with Gasteiger partial charge in [0.05, 0.1) is 21.5 Å². The number of nitrogens with zero attached hydrogens (tertiary/aromatic N) is 2. The van der Waals surface area contributed by atoms with Gasteiger partial charge in [0, 0.05) is 17.3 Å². The molecule has 0 aliphatic heterocycles. The molecule has 5 nitrogen and oxygen atoms in total. The van der Waals surface area contributed by atoms with Crippen molar-refractivity contribution in [1.82, 2.24) is 9.78 Å². The molecular weight excluding hydrogens is 477 g/mol. The molecule has 1 N–H and O–H groups in total. The van der Waals surface area contributed by atoms with E-state index in [0.29, 0.717) is 33.9 Å². The lowest BCUT2D eigenvalue weighted by atomic mass is 10.1. The van der Waals surface area contributed by atoms with Crippen LogP contribution in [0.4, 0.5) is 5.82 Å². The molecule has 2 aromatic heterocycles. The van der Waals surface area contributed by atoms with Gasteiger partial charge in [-0.3, -0.25) is 9.48 Å². The van der Waals surface area contributed by atoms with Gasteiger partial charge in [0.25, 0.3) is 5.91 Å². The molecule has 0 spiro atoms. The van der Waals surface area contributed by atoms with Crippen LogP contribution < -0.4 is 10.1 Å². The lowest BCUT2D eigenvalue weighted by Gasteiger charge is -2.09. The fourth-order valence-electron chi connectivity index (χ4n) is 3.33. The molecule has 0 saturated carbocycles. The molecule has 0 fully saturated rings. The van der Waals surface area contributed by atoms with E-state index in [0.717, 1.165) is 28.1 Å². The first-order chi connectivity index (χ1) is 15.8. The second-order valence-corrected chi connectivity index (χ2v) is 9.56. The molecular formula is C25H23Cl2N3O2S. The number of rotatable bonds is 7. The second-order valence-electron chi connectivity index (χ2n) is 7.84. The lowest BCUT2D eigenvalue weighted by Crippen LogP contribution is -2.11. The Morgan fingerprint density at radius 2 is 1.88 bits per heavy atom. The fraction of sp³-hybridized carbons (Fsp3) is 0.200. The van der Waals surface area contributed by atoms with E-state index in [2.05, 4.69) is 23.4 Å². The van der Waals surface area contributed by atoms with Crippen molar-refractivity contribution in [2.75, 3.05) is 5.32 Å². The molecule has 8 heteroatoms. The number of hydrogen-bond donors (Lipinski definition) is 1. The van der Waals surface area contributed by atoms with E-state index < -0.39 is 0 Å². The first kappa shape index (κ1) is 23.4. The molecule has 1 amide bonds. The standard InChI is InChI=1S/C25H23Cl2N3O2S/c1-15-5-4-6-22(17(15)3)32-13-19-11-23(33-14-19)25(31)28-24-9-16(2)30(29-24)12-18-7-8-20(26)21(27)10-18/h4-11,14H,12-13H2,1-3H3,(H,28,29,31). The third-order valence-electron chi connectivity index (χ3n) is 5.37. The Bertz CT molecular complexity index is 1310. The molecule has 170 valence electrons. The number of amides is 1. The van der Waals surface area contributed by atoms with E-state index in [1.807, 2.05) is 60.3 Å². The number of nitrogens with one attached hydrogen (secondary N) is 1. The summed E-state index contributed by atoms with van der Waals surface area (Å²) in [5, 5.41) is 10.3. The molecule has 0 saturated heterocycles. The molecule has 0 bridgehead atoms. The first-order valence-corrected chi connectivity index (χ1v) is 12.0. The Kier molecular flexibility index (Phi) is 7.08. The number of carbonyl (C=O) groups excluding carboxylic acids is 1. The number of halogens is 2. The van der Waals surface area contributed by atoms with E-state index in [4.69, 9.17) is 27.9 Å². The van der Waals surface area contributed by atoms with Gasteiger partial charge in [0.1, 0.15) is 12.4 Å². The number of thiophene rings is 1. The number of carbonyl (C=O) groups is 1. The van der Waals surface area contributed by atoms with Crippen LogP contribution in [0.1, 0.15) is 37.6 Å². The zero-order valence-electron chi connectivity index (χ0n) is 18.5. The van der Waals surface area contributed by atoms with Crippen LogP contribution in [0.15, 0.2) is 53.9 Å². The van der Waals surface area contributed by atoms with Crippen LogP contribution in [0.25, 0.3) is 0 Å². The van der Waals surface area contributed by atoms with Gasteiger partial charge in [-0.05, 0) is 67.1 Å². The van der Waals surface area contributed by atoms with Crippen molar-refractivity contribution in [3.8, 4) is 5.75 Å². The summed E-state index contributed by atoms with van der Waals surface area (Å²) in [4.78, 5) is 13.3. The Morgan fingerprint density at radius 1 is 1.06 bits per heavy atom. The van der Waals surface area contributed by atoms with E-state index in [1.165, 1.54) is 16.9 Å². The van der Waals surface area contributed by atoms with Crippen molar-refractivity contribution in [2.45, 2.75) is 33.9 Å². The molecule has 0 atom stereocenters. The summed E-state index contributed by atoms with van der Waals surface area (Å²) in [6.45, 7) is 6.97. The average molecular weight is 500 g/mol.